The maximum absolute atomic E-state index is 10.00. The number of aliphatic hydroxyl groups excluding tert-OH is 1. The average Bonchev–Trinajstić information content (AvgIpc) is 2.35. The average molecular weight is 264 g/mol. The minimum absolute atomic E-state index is 0.426. The van der Waals surface area contributed by atoms with E-state index in [9.17, 15) is 9.59 Å². The van der Waals surface area contributed by atoms with Crippen molar-refractivity contribution >= 4 is 23.5 Å². The Morgan fingerprint density at radius 1 is 1.21 bits per heavy atom. The van der Waals surface area contributed by atoms with Crippen LogP contribution in [0.3, 0.4) is 0 Å². The molecule has 0 unspecified atom stereocenters. The van der Waals surface area contributed by atoms with Gasteiger partial charge in [-0.3, -0.25) is 0 Å². The van der Waals surface area contributed by atoms with Crippen LogP contribution >= 0.6 is 0 Å². The number of aliphatic hydroxyl groups is 2. The quantitative estimate of drug-likeness (QED) is 0.493. The third kappa shape index (κ3) is 7.76. The highest BCUT2D eigenvalue weighted by atomic mass is 16.5. The summed E-state index contributed by atoms with van der Waals surface area (Å²) in [6, 6.07) is 4.88. The molecular weight excluding hydrogens is 248 g/mol. The summed E-state index contributed by atoms with van der Waals surface area (Å²) in [7, 11) is 0. The fourth-order valence-corrected chi connectivity index (χ4v) is 1.15. The summed E-state index contributed by atoms with van der Waals surface area (Å²) in [6.45, 7) is 3.70. The van der Waals surface area contributed by atoms with Crippen LogP contribution in [-0.4, -0.2) is 28.7 Å². The normalized spacial score (nSPS) is 8.89. The van der Waals surface area contributed by atoms with Crippen LogP contribution in [0.1, 0.15) is 25.3 Å². The van der Waals surface area contributed by atoms with Gasteiger partial charge < -0.3 is 10.2 Å². The highest BCUT2D eigenvalue weighted by Crippen LogP contribution is 2.23. The minimum atomic E-state index is -1.10. The number of benzene rings is 1. The first-order valence-electron chi connectivity index (χ1n) is 5.67. The Morgan fingerprint density at radius 3 is 2.26 bits per heavy atom. The second-order valence-electron chi connectivity index (χ2n) is 3.65. The van der Waals surface area contributed by atoms with Crippen molar-refractivity contribution in [3.63, 3.8) is 0 Å². The summed E-state index contributed by atoms with van der Waals surface area (Å²) in [6.07, 6.45) is 3.05. The zero-order valence-corrected chi connectivity index (χ0v) is 10.8. The van der Waals surface area contributed by atoms with Gasteiger partial charge in [-0.15, -0.1) is 0 Å². The van der Waals surface area contributed by atoms with Gasteiger partial charge in [-0.1, -0.05) is 19.4 Å². The first-order chi connectivity index (χ1) is 9.04. The Labute approximate surface area is 111 Å². The molecule has 0 atom stereocenters. The standard InChI is InChI=1S/C9H6N2O2.C4H10O2/c1-7-2-3-8(10-5-12)4-9(7)11-6-13;1-2-3-4(5)6/h2-4H,1H3;4-6H,2-3H2,1H3. The van der Waals surface area contributed by atoms with E-state index in [2.05, 4.69) is 9.98 Å². The highest BCUT2D eigenvalue weighted by molar-refractivity contribution is 5.61. The minimum Gasteiger partial charge on any atom is -0.368 e. The van der Waals surface area contributed by atoms with E-state index >= 15 is 0 Å². The van der Waals surface area contributed by atoms with Gasteiger partial charge in [0.25, 0.3) is 0 Å². The molecule has 2 N–H and O–H groups in total. The first kappa shape index (κ1) is 16.9. The molecule has 0 aromatic heterocycles. The van der Waals surface area contributed by atoms with Crippen LogP contribution in [0.15, 0.2) is 28.2 Å². The molecule has 0 bridgehead atoms. The Hall–Kier alpha value is -2.10. The molecule has 0 spiro atoms. The topological polar surface area (TPSA) is 99.3 Å². The molecule has 0 aliphatic heterocycles. The van der Waals surface area contributed by atoms with Gasteiger partial charge in [0.1, 0.15) is 0 Å². The fourth-order valence-electron chi connectivity index (χ4n) is 1.15. The second-order valence-corrected chi connectivity index (χ2v) is 3.65. The SMILES string of the molecule is CCCC(O)O.Cc1ccc(N=C=O)cc1N=C=O. The molecule has 6 nitrogen and oxygen atoms in total. The molecule has 0 fully saturated rings. The van der Waals surface area contributed by atoms with Crippen LogP contribution in [0.4, 0.5) is 11.4 Å². The molecule has 0 saturated heterocycles. The van der Waals surface area contributed by atoms with E-state index in [0.29, 0.717) is 17.8 Å². The zero-order chi connectivity index (χ0) is 14.7. The van der Waals surface area contributed by atoms with Crippen molar-refractivity contribution in [2.24, 2.45) is 9.98 Å². The Bertz CT molecular complexity index is 487. The second kappa shape index (κ2) is 9.88. The molecule has 102 valence electrons. The van der Waals surface area contributed by atoms with Crippen molar-refractivity contribution in [2.45, 2.75) is 33.0 Å². The summed E-state index contributed by atoms with van der Waals surface area (Å²) in [4.78, 5) is 26.8. The lowest BCUT2D eigenvalue weighted by atomic mass is 10.2. The Balaban J connectivity index is 0.000000459. The first-order valence-corrected chi connectivity index (χ1v) is 5.67. The zero-order valence-electron chi connectivity index (χ0n) is 10.8. The largest absolute Gasteiger partial charge is 0.368 e. The van der Waals surface area contributed by atoms with Gasteiger partial charge in [0.05, 0.1) is 11.4 Å². The van der Waals surface area contributed by atoms with Gasteiger partial charge in [-0.25, -0.2) is 9.59 Å². The molecule has 6 heteroatoms. The number of carbonyl (C=O) groups excluding carboxylic acids is 2. The lowest BCUT2D eigenvalue weighted by molar-refractivity contribution is -0.0453. The molecule has 1 aromatic carbocycles. The molecule has 0 saturated carbocycles. The van der Waals surface area contributed by atoms with Gasteiger partial charge in [-0.05, 0) is 31.0 Å². The summed E-state index contributed by atoms with van der Waals surface area (Å²) in [5.41, 5.74) is 1.72. The van der Waals surface area contributed by atoms with Gasteiger partial charge in [0.2, 0.25) is 12.2 Å². The molecule has 1 rings (SSSR count). The third-order valence-corrected chi connectivity index (χ3v) is 2.08. The number of nitrogens with zero attached hydrogens (tertiary/aromatic N) is 2. The monoisotopic (exact) mass is 264 g/mol. The molecule has 1 aromatic rings. The van der Waals surface area contributed by atoms with Gasteiger partial charge in [0.15, 0.2) is 6.29 Å². The van der Waals surface area contributed by atoms with Crippen LogP contribution in [0.2, 0.25) is 0 Å². The van der Waals surface area contributed by atoms with Crippen molar-refractivity contribution in [1.82, 2.24) is 0 Å². The molecule has 0 heterocycles. The molecule has 19 heavy (non-hydrogen) atoms. The van der Waals surface area contributed by atoms with E-state index < -0.39 is 6.29 Å². The van der Waals surface area contributed by atoms with Crippen molar-refractivity contribution < 1.29 is 19.8 Å². The number of rotatable bonds is 4. The van der Waals surface area contributed by atoms with Gasteiger partial charge in [-0.2, -0.15) is 9.98 Å². The number of aryl methyl sites for hydroxylation is 1. The van der Waals surface area contributed by atoms with E-state index in [1.54, 1.807) is 19.1 Å². The van der Waals surface area contributed by atoms with Crippen LogP contribution in [-0.2, 0) is 9.59 Å². The number of isocyanates is 2. The summed E-state index contributed by atoms with van der Waals surface area (Å²) in [5.74, 6) is 0. The molecule has 0 aliphatic rings. The van der Waals surface area contributed by atoms with E-state index in [1.165, 1.54) is 18.2 Å². The van der Waals surface area contributed by atoms with Crippen molar-refractivity contribution in [1.29, 1.82) is 0 Å². The molecule has 0 radical (unpaired) electrons. The predicted octanol–water partition coefficient (Wildman–Crippen LogP) is 2.03. The van der Waals surface area contributed by atoms with Gasteiger partial charge in [0, 0.05) is 0 Å². The molecular formula is C13H16N2O4. The lowest BCUT2D eigenvalue weighted by Gasteiger charge is -1.97. The van der Waals surface area contributed by atoms with Crippen LogP contribution in [0.25, 0.3) is 0 Å². The van der Waals surface area contributed by atoms with Crippen LogP contribution < -0.4 is 0 Å². The molecule has 0 amide bonds. The van der Waals surface area contributed by atoms with Crippen LogP contribution in [0, 0.1) is 6.92 Å². The Kier molecular flexibility index (Phi) is 8.79. The highest BCUT2D eigenvalue weighted by Gasteiger charge is 1.97. The van der Waals surface area contributed by atoms with E-state index in [1.807, 2.05) is 6.92 Å². The predicted molar refractivity (Wildman–Crippen MR) is 69.9 cm³/mol. The smallest absolute Gasteiger partial charge is 0.240 e. The maximum Gasteiger partial charge on any atom is 0.240 e. The number of hydrogen-bond acceptors (Lipinski definition) is 6. The molecule has 0 aliphatic carbocycles. The van der Waals surface area contributed by atoms with Crippen molar-refractivity contribution in [3.8, 4) is 0 Å². The maximum atomic E-state index is 10.00. The van der Waals surface area contributed by atoms with Crippen molar-refractivity contribution in [2.75, 3.05) is 0 Å². The Morgan fingerprint density at radius 2 is 1.84 bits per heavy atom. The third-order valence-electron chi connectivity index (χ3n) is 2.08. The van der Waals surface area contributed by atoms with E-state index in [-0.39, 0.29) is 0 Å². The number of hydrogen-bond donors (Lipinski definition) is 2. The van der Waals surface area contributed by atoms with Crippen LogP contribution in [0.5, 0.6) is 0 Å². The van der Waals surface area contributed by atoms with E-state index in [0.717, 1.165) is 12.0 Å². The number of aliphatic imine (C=N–C) groups is 2. The van der Waals surface area contributed by atoms with Crippen molar-refractivity contribution in [3.05, 3.63) is 23.8 Å². The summed E-state index contributed by atoms with van der Waals surface area (Å²) in [5, 5.41) is 16.2. The van der Waals surface area contributed by atoms with E-state index in [4.69, 9.17) is 10.2 Å². The lowest BCUT2D eigenvalue weighted by Crippen LogP contribution is -2.01. The fraction of sp³-hybridized carbons (Fsp3) is 0.385. The van der Waals surface area contributed by atoms with Gasteiger partial charge >= 0.3 is 0 Å². The summed E-state index contributed by atoms with van der Waals surface area (Å²) >= 11 is 0. The summed E-state index contributed by atoms with van der Waals surface area (Å²) < 4.78 is 0.